The summed E-state index contributed by atoms with van der Waals surface area (Å²) in [6, 6.07) is 5.27. The number of esters is 2. The summed E-state index contributed by atoms with van der Waals surface area (Å²) in [5.74, 6) is -2.57. The van der Waals surface area contributed by atoms with E-state index in [1.165, 1.54) is 21.0 Å². The number of nitrogens with zero attached hydrogens (tertiary/aromatic N) is 1. The molecule has 0 saturated carbocycles. The zero-order valence-corrected chi connectivity index (χ0v) is 14.2. The molecule has 1 aromatic rings. The van der Waals surface area contributed by atoms with Crippen LogP contribution in [0.15, 0.2) is 28.4 Å². The molecule has 1 aliphatic rings. The smallest absolute Gasteiger partial charge is 0.350 e. The molecule has 1 N–H and O–H groups in total. The second kappa shape index (κ2) is 6.30. The number of anilines is 1. The molecule has 7 nitrogen and oxygen atoms in total. The summed E-state index contributed by atoms with van der Waals surface area (Å²) < 4.78 is 15.7. The van der Waals surface area contributed by atoms with Gasteiger partial charge in [0.05, 0.1) is 17.3 Å². The molecule has 0 atom stereocenters. The van der Waals surface area contributed by atoms with E-state index in [1.807, 2.05) is 6.07 Å². The molecule has 1 saturated heterocycles. The lowest BCUT2D eigenvalue weighted by Gasteiger charge is -2.29. The van der Waals surface area contributed by atoms with Crippen molar-refractivity contribution in [1.29, 1.82) is 5.26 Å². The SMILES string of the molecule is COc1c(Br)ccc(NC=C2C(=O)OC(C)(C)OC2=O)c1C#N. The van der Waals surface area contributed by atoms with E-state index in [9.17, 15) is 14.9 Å². The van der Waals surface area contributed by atoms with Crippen molar-refractivity contribution in [2.45, 2.75) is 19.6 Å². The lowest BCUT2D eigenvalue weighted by Crippen LogP contribution is -2.42. The number of halogens is 1. The van der Waals surface area contributed by atoms with Gasteiger partial charge in [0.1, 0.15) is 11.6 Å². The topological polar surface area (TPSA) is 97.7 Å². The maximum atomic E-state index is 11.8. The normalized spacial score (nSPS) is 16.0. The number of benzene rings is 1. The number of carbonyl (C=O) groups is 2. The third-order valence-electron chi connectivity index (χ3n) is 2.91. The summed E-state index contributed by atoms with van der Waals surface area (Å²) in [5, 5.41) is 12.0. The first kappa shape index (κ1) is 16.8. The van der Waals surface area contributed by atoms with Crippen molar-refractivity contribution in [3.63, 3.8) is 0 Å². The summed E-state index contributed by atoms with van der Waals surface area (Å²) >= 11 is 3.27. The van der Waals surface area contributed by atoms with Crippen molar-refractivity contribution < 1.29 is 23.8 Å². The molecule has 2 rings (SSSR count). The van der Waals surface area contributed by atoms with E-state index in [0.717, 1.165) is 6.20 Å². The lowest BCUT2D eigenvalue weighted by atomic mass is 10.1. The first-order valence-electron chi connectivity index (χ1n) is 6.49. The van der Waals surface area contributed by atoms with Crippen LogP contribution in [0, 0.1) is 11.3 Å². The van der Waals surface area contributed by atoms with Gasteiger partial charge >= 0.3 is 11.9 Å². The number of nitrogens with one attached hydrogen (secondary N) is 1. The van der Waals surface area contributed by atoms with Gasteiger partial charge in [-0.1, -0.05) is 0 Å². The Labute approximate surface area is 140 Å². The molecule has 0 unspecified atom stereocenters. The molecule has 1 fully saturated rings. The molecule has 1 heterocycles. The van der Waals surface area contributed by atoms with Gasteiger partial charge in [0.25, 0.3) is 5.79 Å². The molecular formula is C15H13BrN2O5. The van der Waals surface area contributed by atoms with Crippen LogP contribution in [-0.4, -0.2) is 24.8 Å². The Morgan fingerprint density at radius 3 is 2.43 bits per heavy atom. The summed E-state index contributed by atoms with van der Waals surface area (Å²) in [4.78, 5) is 23.7. The molecule has 1 aromatic carbocycles. The van der Waals surface area contributed by atoms with Gasteiger partial charge in [0.2, 0.25) is 0 Å². The molecule has 120 valence electrons. The van der Waals surface area contributed by atoms with Crippen molar-refractivity contribution in [2.24, 2.45) is 0 Å². The van der Waals surface area contributed by atoms with E-state index in [-0.39, 0.29) is 11.1 Å². The fourth-order valence-corrected chi connectivity index (χ4v) is 2.41. The molecule has 0 amide bonds. The number of hydrogen-bond donors (Lipinski definition) is 1. The molecule has 0 radical (unpaired) electrons. The van der Waals surface area contributed by atoms with E-state index in [0.29, 0.717) is 15.9 Å². The van der Waals surface area contributed by atoms with Gasteiger partial charge in [-0.05, 0) is 28.1 Å². The number of cyclic esters (lactones) is 2. The predicted molar refractivity (Wildman–Crippen MR) is 83.4 cm³/mol. The molecule has 23 heavy (non-hydrogen) atoms. The zero-order chi connectivity index (χ0) is 17.2. The van der Waals surface area contributed by atoms with E-state index in [1.54, 1.807) is 12.1 Å². The van der Waals surface area contributed by atoms with Crippen LogP contribution in [0.4, 0.5) is 5.69 Å². The number of carbonyl (C=O) groups excluding carboxylic acids is 2. The summed E-state index contributed by atoms with van der Waals surface area (Å²) in [6.07, 6.45) is 1.14. The van der Waals surface area contributed by atoms with Crippen LogP contribution in [-0.2, 0) is 19.1 Å². The van der Waals surface area contributed by atoms with Crippen molar-refractivity contribution in [1.82, 2.24) is 0 Å². The van der Waals surface area contributed by atoms with E-state index in [2.05, 4.69) is 21.2 Å². The highest BCUT2D eigenvalue weighted by molar-refractivity contribution is 9.10. The average Bonchev–Trinajstić information content (AvgIpc) is 2.45. The third-order valence-corrected chi connectivity index (χ3v) is 3.54. The predicted octanol–water partition coefficient (Wildman–Crippen LogP) is 2.46. The van der Waals surface area contributed by atoms with Gasteiger partial charge in [-0.3, -0.25) is 0 Å². The Morgan fingerprint density at radius 2 is 1.91 bits per heavy atom. The maximum absolute atomic E-state index is 11.8. The van der Waals surface area contributed by atoms with Gasteiger partial charge in [-0.25, -0.2) is 9.59 Å². The van der Waals surface area contributed by atoms with Crippen LogP contribution in [0.2, 0.25) is 0 Å². The number of ether oxygens (including phenoxy) is 3. The Balaban J connectivity index is 2.33. The summed E-state index contributed by atoms with van der Waals surface area (Å²) in [6.45, 7) is 2.92. The minimum Gasteiger partial charge on any atom is -0.494 e. The molecular weight excluding hydrogens is 368 g/mol. The Morgan fingerprint density at radius 1 is 1.30 bits per heavy atom. The van der Waals surface area contributed by atoms with Gasteiger partial charge in [0.15, 0.2) is 11.3 Å². The maximum Gasteiger partial charge on any atom is 0.350 e. The second-order valence-electron chi connectivity index (χ2n) is 5.00. The van der Waals surface area contributed by atoms with E-state index in [4.69, 9.17) is 14.2 Å². The number of hydrogen-bond acceptors (Lipinski definition) is 7. The summed E-state index contributed by atoms with van der Waals surface area (Å²) in [5.41, 5.74) is 0.289. The highest BCUT2D eigenvalue weighted by atomic mass is 79.9. The number of methoxy groups -OCH3 is 1. The largest absolute Gasteiger partial charge is 0.494 e. The van der Waals surface area contributed by atoms with Crippen LogP contribution >= 0.6 is 15.9 Å². The Hall–Kier alpha value is -2.53. The van der Waals surface area contributed by atoms with Crippen molar-refractivity contribution in [3.8, 4) is 11.8 Å². The Kier molecular flexibility index (Phi) is 4.61. The first-order chi connectivity index (χ1) is 10.8. The lowest BCUT2D eigenvalue weighted by molar-refractivity contribution is -0.222. The average molecular weight is 381 g/mol. The van der Waals surface area contributed by atoms with Crippen LogP contribution in [0.5, 0.6) is 5.75 Å². The van der Waals surface area contributed by atoms with Gasteiger partial charge in [-0.2, -0.15) is 5.26 Å². The van der Waals surface area contributed by atoms with Crippen molar-refractivity contribution in [3.05, 3.63) is 33.9 Å². The minimum absolute atomic E-state index is 0.219. The van der Waals surface area contributed by atoms with Gasteiger partial charge in [0, 0.05) is 20.0 Å². The molecule has 0 spiro atoms. The Bertz CT molecular complexity index is 727. The van der Waals surface area contributed by atoms with Crippen molar-refractivity contribution >= 4 is 33.6 Å². The highest BCUT2D eigenvalue weighted by Crippen LogP contribution is 2.34. The number of nitriles is 1. The van der Waals surface area contributed by atoms with Gasteiger partial charge in [-0.15, -0.1) is 0 Å². The summed E-state index contributed by atoms with van der Waals surface area (Å²) in [7, 11) is 1.43. The highest BCUT2D eigenvalue weighted by Gasteiger charge is 2.39. The van der Waals surface area contributed by atoms with Gasteiger partial charge < -0.3 is 19.5 Å². The first-order valence-corrected chi connectivity index (χ1v) is 7.28. The molecule has 0 bridgehead atoms. The van der Waals surface area contributed by atoms with E-state index >= 15 is 0 Å². The third kappa shape index (κ3) is 3.46. The molecule has 0 aliphatic carbocycles. The number of rotatable bonds is 3. The zero-order valence-electron chi connectivity index (χ0n) is 12.6. The quantitative estimate of drug-likeness (QED) is 0.488. The van der Waals surface area contributed by atoms with Crippen LogP contribution < -0.4 is 10.1 Å². The fraction of sp³-hybridized carbons (Fsp3) is 0.267. The van der Waals surface area contributed by atoms with Crippen molar-refractivity contribution in [2.75, 3.05) is 12.4 Å². The fourth-order valence-electron chi connectivity index (χ4n) is 1.92. The van der Waals surface area contributed by atoms with Crippen LogP contribution in [0.1, 0.15) is 19.4 Å². The standard InChI is InChI=1S/C15H13BrN2O5/c1-15(2)22-13(19)9(14(20)23-15)7-18-11-5-4-10(16)12(21-3)8(11)6-17/h4-5,7,18H,1-3H3. The van der Waals surface area contributed by atoms with Crippen LogP contribution in [0.25, 0.3) is 0 Å². The molecule has 1 aliphatic heterocycles. The minimum atomic E-state index is -1.30. The molecule has 8 heteroatoms. The van der Waals surface area contributed by atoms with E-state index < -0.39 is 17.7 Å². The monoisotopic (exact) mass is 380 g/mol. The van der Waals surface area contributed by atoms with Crippen LogP contribution in [0.3, 0.4) is 0 Å². The molecule has 0 aromatic heterocycles. The second-order valence-corrected chi connectivity index (χ2v) is 5.85.